The molecule has 0 spiro atoms. The van der Waals surface area contributed by atoms with E-state index in [1.807, 2.05) is 49.4 Å². The molecule has 5 rings (SSSR count). The Kier molecular flexibility index (Phi) is 4.62. The highest BCUT2D eigenvalue weighted by Crippen LogP contribution is 2.68. The zero-order chi connectivity index (χ0) is 22.7. The topological polar surface area (TPSA) is 85.7 Å². The van der Waals surface area contributed by atoms with Crippen LogP contribution in [0.4, 0.5) is 0 Å². The van der Waals surface area contributed by atoms with Gasteiger partial charge in [0, 0.05) is 18.2 Å². The van der Waals surface area contributed by atoms with Crippen LogP contribution in [0.3, 0.4) is 0 Å². The Morgan fingerprint density at radius 3 is 2.50 bits per heavy atom. The quantitative estimate of drug-likeness (QED) is 0.611. The van der Waals surface area contributed by atoms with Crippen LogP contribution in [0.25, 0.3) is 0 Å². The summed E-state index contributed by atoms with van der Waals surface area (Å²) in [6, 6.07) is 18.1. The zero-order valence-corrected chi connectivity index (χ0v) is 18.2. The average Bonchev–Trinajstić information content (AvgIpc) is 2.80. The number of fused-ring (bicyclic) bond motifs is 2. The van der Waals surface area contributed by atoms with Crippen molar-refractivity contribution >= 4 is 23.4 Å². The Labute approximate surface area is 189 Å². The second-order valence-electron chi connectivity index (χ2n) is 8.19. The summed E-state index contributed by atoms with van der Waals surface area (Å²) in [6.45, 7) is 1.94. The van der Waals surface area contributed by atoms with Gasteiger partial charge in [-0.1, -0.05) is 71.8 Å². The molecule has 2 aliphatic rings. The fourth-order valence-corrected chi connectivity index (χ4v) is 5.25. The van der Waals surface area contributed by atoms with Crippen LogP contribution in [0.5, 0.6) is 5.75 Å². The maximum absolute atomic E-state index is 13.7. The summed E-state index contributed by atoms with van der Waals surface area (Å²) in [5.74, 6) is -3.11. The second-order valence-corrected chi connectivity index (χ2v) is 8.63. The molecule has 1 fully saturated rings. The molecule has 6 nitrogen and oxygen atoms in total. The Bertz CT molecular complexity index is 1230. The molecule has 0 saturated heterocycles. The van der Waals surface area contributed by atoms with Crippen molar-refractivity contribution in [2.24, 2.45) is 5.92 Å². The molecule has 1 aliphatic carbocycles. The number of nitrogens with zero attached hydrogens (tertiary/aromatic N) is 1. The number of Topliss-reactive ketones (excluding diaryl/α,β-unsaturated/α-hetero) is 1. The number of halogens is 1. The molecule has 2 aromatic carbocycles. The number of carbonyl (C=O) groups excluding carboxylic acids is 2. The predicted molar refractivity (Wildman–Crippen MR) is 117 cm³/mol. The van der Waals surface area contributed by atoms with E-state index in [9.17, 15) is 14.7 Å². The van der Waals surface area contributed by atoms with Crippen molar-refractivity contribution in [3.8, 4) is 5.75 Å². The summed E-state index contributed by atoms with van der Waals surface area (Å²) in [5.41, 5.74) is -1.56. The smallest absolute Gasteiger partial charge is 0.313 e. The first kappa shape index (κ1) is 20.7. The highest BCUT2D eigenvalue weighted by Gasteiger charge is 2.82. The molecule has 1 aliphatic heterocycles. The van der Waals surface area contributed by atoms with Crippen LogP contribution in [-0.4, -0.2) is 34.6 Å². The van der Waals surface area contributed by atoms with E-state index in [1.165, 1.54) is 19.4 Å². The van der Waals surface area contributed by atoms with Gasteiger partial charge in [0.25, 0.3) is 0 Å². The summed E-state index contributed by atoms with van der Waals surface area (Å²) >= 11 is 6.14. The molecular formula is C25H20ClNO5. The minimum absolute atomic E-state index is 0.0694. The van der Waals surface area contributed by atoms with Crippen molar-refractivity contribution in [3.05, 3.63) is 94.3 Å². The summed E-state index contributed by atoms with van der Waals surface area (Å²) < 4.78 is 11.5. The monoisotopic (exact) mass is 449 g/mol. The average molecular weight is 450 g/mol. The second kappa shape index (κ2) is 7.15. The molecule has 1 aromatic heterocycles. The number of methoxy groups -OCH3 is 1. The van der Waals surface area contributed by atoms with Gasteiger partial charge in [-0.05, 0) is 18.1 Å². The van der Waals surface area contributed by atoms with E-state index in [-0.39, 0.29) is 11.4 Å². The maximum Gasteiger partial charge on any atom is 0.313 e. The molecule has 4 atom stereocenters. The van der Waals surface area contributed by atoms with Gasteiger partial charge in [0.2, 0.25) is 5.78 Å². The lowest BCUT2D eigenvalue weighted by Crippen LogP contribution is -2.80. The van der Waals surface area contributed by atoms with Crippen LogP contribution in [0, 0.1) is 12.8 Å². The molecule has 7 heteroatoms. The van der Waals surface area contributed by atoms with Crippen LogP contribution >= 0.6 is 11.6 Å². The van der Waals surface area contributed by atoms with Gasteiger partial charge in [-0.25, -0.2) is 4.98 Å². The number of hydrogen-bond acceptors (Lipinski definition) is 6. The van der Waals surface area contributed by atoms with E-state index in [2.05, 4.69) is 4.98 Å². The third kappa shape index (κ3) is 2.54. The van der Waals surface area contributed by atoms with E-state index in [0.29, 0.717) is 10.6 Å². The first-order valence-electron chi connectivity index (χ1n) is 10.2. The summed E-state index contributed by atoms with van der Waals surface area (Å²) in [4.78, 5) is 30.8. The number of benzene rings is 2. The molecular weight excluding hydrogens is 430 g/mol. The number of ether oxygens (including phenoxy) is 2. The minimum atomic E-state index is -2.22. The summed E-state index contributed by atoms with van der Waals surface area (Å²) in [5, 5.41) is 12.3. The van der Waals surface area contributed by atoms with Crippen molar-refractivity contribution in [1.82, 2.24) is 4.98 Å². The van der Waals surface area contributed by atoms with Crippen LogP contribution < -0.4 is 4.74 Å². The standard InChI is InChI=1S/C25H20ClNO5/c1-14-8-10-16(11-9-14)25-19(15-6-4-3-5-7-15)20(23(29)31-2)24(25,30)22(28)21-18(32-25)12-17(26)13-27-21/h3-13,19-20,30H,1-2H3. The van der Waals surface area contributed by atoms with Crippen molar-refractivity contribution in [2.45, 2.75) is 24.0 Å². The van der Waals surface area contributed by atoms with E-state index in [1.54, 1.807) is 12.1 Å². The molecule has 162 valence electrons. The van der Waals surface area contributed by atoms with Gasteiger partial charge in [0.15, 0.2) is 22.6 Å². The number of ketones is 1. The van der Waals surface area contributed by atoms with Crippen molar-refractivity contribution < 1.29 is 24.2 Å². The van der Waals surface area contributed by atoms with Crippen molar-refractivity contribution in [2.75, 3.05) is 7.11 Å². The molecule has 1 N–H and O–H groups in total. The van der Waals surface area contributed by atoms with Gasteiger partial charge in [-0.2, -0.15) is 0 Å². The van der Waals surface area contributed by atoms with Crippen LogP contribution in [0.15, 0.2) is 66.9 Å². The van der Waals surface area contributed by atoms with Crippen LogP contribution in [0.1, 0.15) is 33.1 Å². The Morgan fingerprint density at radius 2 is 1.84 bits per heavy atom. The Hall–Kier alpha value is -3.22. The maximum atomic E-state index is 13.7. The van der Waals surface area contributed by atoms with Gasteiger partial charge >= 0.3 is 5.97 Å². The highest BCUT2D eigenvalue weighted by atomic mass is 35.5. The minimum Gasteiger partial charge on any atom is -0.476 e. The fraction of sp³-hybridized carbons (Fsp3) is 0.240. The molecule has 0 amide bonds. The lowest BCUT2D eigenvalue weighted by atomic mass is 9.44. The fourth-order valence-electron chi connectivity index (χ4n) is 5.10. The number of pyridine rings is 1. The molecule has 2 heterocycles. The van der Waals surface area contributed by atoms with E-state index in [4.69, 9.17) is 21.1 Å². The number of carbonyl (C=O) groups is 2. The highest BCUT2D eigenvalue weighted by molar-refractivity contribution is 6.30. The van der Waals surface area contributed by atoms with Gasteiger partial charge < -0.3 is 14.6 Å². The molecule has 0 bridgehead atoms. The van der Waals surface area contributed by atoms with Gasteiger partial charge in [-0.3, -0.25) is 9.59 Å². The van der Waals surface area contributed by atoms with Crippen LogP contribution in [-0.2, 0) is 15.1 Å². The van der Waals surface area contributed by atoms with Gasteiger partial charge in [-0.15, -0.1) is 0 Å². The zero-order valence-electron chi connectivity index (χ0n) is 17.4. The third-order valence-electron chi connectivity index (χ3n) is 6.53. The summed E-state index contributed by atoms with van der Waals surface area (Å²) in [7, 11) is 1.24. The number of aromatic nitrogens is 1. The molecule has 4 unspecified atom stereocenters. The molecule has 0 radical (unpaired) electrons. The lowest BCUT2D eigenvalue weighted by molar-refractivity contribution is -0.251. The SMILES string of the molecule is COC(=O)C1C(c2ccccc2)C2(c3ccc(C)cc3)Oc3cc(Cl)cnc3C(=O)C12O. The van der Waals surface area contributed by atoms with E-state index < -0.39 is 34.8 Å². The first-order valence-corrected chi connectivity index (χ1v) is 10.5. The van der Waals surface area contributed by atoms with E-state index >= 15 is 0 Å². The lowest BCUT2D eigenvalue weighted by Gasteiger charge is -2.64. The van der Waals surface area contributed by atoms with Gasteiger partial charge in [0.05, 0.1) is 12.1 Å². The third-order valence-corrected chi connectivity index (χ3v) is 6.74. The van der Waals surface area contributed by atoms with Gasteiger partial charge in [0.1, 0.15) is 5.92 Å². The van der Waals surface area contributed by atoms with Crippen molar-refractivity contribution in [1.29, 1.82) is 0 Å². The van der Waals surface area contributed by atoms with E-state index in [0.717, 1.165) is 11.1 Å². The molecule has 3 aromatic rings. The van der Waals surface area contributed by atoms with Crippen molar-refractivity contribution in [3.63, 3.8) is 0 Å². The predicted octanol–water partition coefficient (Wildman–Crippen LogP) is 3.83. The first-order chi connectivity index (χ1) is 15.3. The number of rotatable bonds is 3. The molecule has 1 saturated carbocycles. The molecule has 32 heavy (non-hydrogen) atoms. The number of aryl methyl sites for hydroxylation is 1. The number of aliphatic hydroxyl groups is 1. The summed E-state index contributed by atoms with van der Waals surface area (Å²) in [6.07, 6.45) is 1.31. The van der Waals surface area contributed by atoms with Crippen LogP contribution in [0.2, 0.25) is 5.02 Å². The Morgan fingerprint density at radius 1 is 1.16 bits per heavy atom. The number of esters is 1. The largest absolute Gasteiger partial charge is 0.476 e. The Balaban J connectivity index is 1.83. The number of hydrogen-bond donors (Lipinski definition) is 1. The normalized spacial score (nSPS) is 28.1.